The molecular weight excluding hydrogens is 650 g/mol. The highest BCUT2D eigenvalue weighted by molar-refractivity contribution is 5.92. The maximum atomic E-state index is 13.6. The second kappa shape index (κ2) is 13.5. The number of benzene rings is 1. The number of ketones is 2. The number of aryl methyl sites for hydroxylation is 1. The predicted octanol–water partition coefficient (Wildman–Crippen LogP) is 8.09. The second-order valence-electron chi connectivity index (χ2n) is 19.4. The van der Waals surface area contributed by atoms with Gasteiger partial charge in [-0.05, 0) is 146 Å². The van der Waals surface area contributed by atoms with E-state index in [1.54, 1.807) is 0 Å². The molecule has 6 aliphatic rings. The van der Waals surface area contributed by atoms with Crippen molar-refractivity contribution >= 4 is 23.4 Å². The van der Waals surface area contributed by atoms with Gasteiger partial charge in [-0.1, -0.05) is 65.3 Å². The molecule has 2 N–H and O–H groups in total. The molecule has 52 heavy (non-hydrogen) atoms. The first-order valence-corrected chi connectivity index (χ1v) is 20.6. The van der Waals surface area contributed by atoms with E-state index in [9.17, 15) is 24.3 Å². The molecule has 0 aromatic heterocycles. The lowest BCUT2D eigenvalue weighted by Crippen LogP contribution is -2.58. The Morgan fingerprint density at radius 1 is 0.885 bits per heavy atom. The van der Waals surface area contributed by atoms with Gasteiger partial charge < -0.3 is 15.2 Å². The Hall–Kier alpha value is -2.80. The Bertz CT molecular complexity index is 1660. The summed E-state index contributed by atoms with van der Waals surface area (Å²) in [4.78, 5) is 51.5. The van der Waals surface area contributed by atoms with Crippen molar-refractivity contribution in [3.63, 3.8) is 0 Å². The fraction of sp³-hybridized carbons (Fsp3) is 0.733. The Morgan fingerprint density at radius 2 is 1.65 bits per heavy atom. The number of carbonyl (C=O) groups is 4. The monoisotopic (exact) mass is 713 g/mol. The summed E-state index contributed by atoms with van der Waals surface area (Å²) < 4.78 is 5.43. The highest BCUT2D eigenvalue weighted by Crippen LogP contribution is 2.67. The van der Waals surface area contributed by atoms with E-state index in [-0.39, 0.29) is 46.7 Å². The van der Waals surface area contributed by atoms with Crippen molar-refractivity contribution in [3.05, 3.63) is 46.5 Å². The van der Waals surface area contributed by atoms with Gasteiger partial charge in [0.25, 0.3) is 0 Å². The average molecular weight is 714 g/mol. The quantitative estimate of drug-likeness (QED) is 0.251. The van der Waals surface area contributed by atoms with E-state index < -0.39 is 29.4 Å². The first-order valence-electron chi connectivity index (χ1n) is 20.6. The van der Waals surface area contributed by atoms with Crippen LogP contribution >= 0.6 is 0 Å². The third kappa shape index (κ3) is 6.23. The van der Waals surface area contributed by atoms with Crippen molar-refractivity contribution in [1.29, 1.82) is 0 Å². The van der Waals surface area contributed by atoms with Crippen LogP contribution in [0.25, 0.3) is 0 Å². The summed E-state index contributed by atoms with van der Waals surface area (Å²) in [7, 11) is 0. The fourth-order valence-electron chi connectivity index (χ4n) is 12.7. The third-order valence-electron chi connectivity index (χ3n) is 16.3. The maximum Gasteiger partial charge on any atom is 0.306 e. The largest absolute Gasteiger partial charge is 0.458 e. The molecule has 9 atom stereocenters. The van der Waals surface area contributed by atoms with E-state index in [4.69, 9.17) is 4.74 Å². The normalized spacial score (nSPS) is 39.3. The number of aliphatic hydroxyl groups is 1. The van der Waals surface area contributed by atoms with Crippen LogP contribution in [-0.2, 0) is 35.8 Å². The summed E-state index contributed by atoms with van der Waals surface area (Å²) >= 11 is 0. The summed E-state index contributed by atoms with van der Waals surface area (Å²) in [6, 6.07) is 7.13. The van der Waals surface area contributed by atoms with E-state index in [1.807, 2.05) is 6.08 Å². The molecule has 6 aliphatic carbocycles. The van der Waals surface area contributed by atoms with Gasteiger partial charge in [-0.3, -0.25) is 19.2 Å². The van der Waals surface area contributed by atoms with Crippen molar-refractivity contribution in [2.45, 2.75) is 155 Å². The fourth-order valence-corrected chi connectivity index (χ4v) is 12.7. The lowest BCUT2D eigenvalue weighted by molar-refractivity contribution is -0.170. The summed E-state index contributed by atoms with van der Waals surface area (Å²) in [6.45, 7) is 13.8. The molecule has 4 saturated carbocycles. The molecule has 1 aromatic rings. The number of allylic oxidation sites excluding steroid dienone is 1. The molecule has 7 heteroatoms. The molecule has 1 aromatic carbocycles. The van der Waals surface area contributed by atoms with Crippen molar-refractivity contribution < 1.29 is 29.0 Å². The van der Waals surface area contributed by atoms with Crippen molar-refractivity contribution in [2.75, 3.05) is 13.2 Å². The zero-order chi connectivity index (χ0) is 37.3. The number of rotatable bonds is 9. The number of ether oxygens (including phenoxy) is 1. The molecule has 0 bridgehead atoms. The number of esters is 1. The average Bonchev–Trinajstić information content (AvgIpc) is 3.40. The number of carbonyl (C=O) groups excluding carboxylic acids is 4. The Balaban J connectivity index is 0.874. The van der Waals surface area contributed by atoms with Crippen LogP contribution < -0.4 is 5.32 Å². The van der Waals surface area contributed by atoms with Gasteiger partial charge in [0.2, 0.25) is 11.7 Å². The van der Waals surface area contributed by atoms with Gasteiger partial charge in [0.15, 0.2) is 12.4 Å². The Kier molecular flexibility index (Phi) is 9.74. The first kappa shape index (κ1) is 37.5. The number of fused-ring (bicyclic) bond motifs is 8. The zero-order valence-electron chi connectivity index (χ0n) is 32.7. The third-order valence-corrected chi connectivity index (χ3v) is 16.3. The lowest BCUT2D eigenvalue weighted by Gasteiger charge is -2.58. The molecule has 9 unspecified atom stereocenters. The summed E-state index contributed by atoms with van der Waals surface area (Å²) in [5, 5.41) is 15.1. The molecule has 4 fully saturated rings. The smallest absolute Gasteiger partial charge is 0.306 e. The minimum absolute atomic E-state index is 0.00967. The van der Waals surface area contributed by atoms with Gasteiger partial charge in [-0.2, -0.15) is 0 Å². The van der Waals surface area contributed by atoms with Crippen LogP contribution in [0.15, 0.2) is 29.8 Å². The van der Waals surface area contributed by atoms with E-state index in [0.29, 0.717) is 43.1 Å². The molecule has 1 amide bonds. The molecule has 0 radical (unpaired) electrons. The molecular formula is C45H63NO6. The number of hydrogen-bond donors (Lipinski definition) is 2. The number of hydrogen-bond acceptors (Lipinski definition) is 6. The molecule has 0 spiro atoms. The molecule has 0 heterocycles. The number of Topliss-reactive ketones (excluding diaryl/α,β-unsaturated/α-hetero) is 1. The lowest BCUT2D eigenvalue weighted by atomic mass is 9.46. The molecule has 7 rings (SSSR count). The standard InChI is InChI=1S/C45H63NO6/c1-28(2)29-8-12-35-30(23-29)7-9-32-25-41(3,21-22-43(32,35)5)27-46-39(49)13-14-40(50)52-26-38(48)45(51)20-17-37-34-11-10-31-24-33(47)15-18-42(31,4)36(34)16-19-44(37,45)6/h8,12,23-24,28,32,34,36-37,51H,7,9-11,13-22,25-27H2,1-6H3,(H,46,49). The Labute approximate surface area is 311 Å². The highest BCUT2D eigenvalue weighted by atomic mass is 16.5. The SMILES string of the molecule is CC(C)c1ccc2c(c1)CCC1CC(C)(CNC(=O)CCC(=O)OCC(=O)C3(O)CCC4C5CCC6=CC(=O)CCC6(C)C5CCC43C)CCC21C. The zero-order valence-corrected chi connectivity index (χ0v) is 32.7. The van der Waals surface area contributed by atoms with Gasteiger partial charge >= 0.3 is 5.97 Å². The maximum absolute atomic E-state index is 13.6. The molecule has 284 valence electrons. The summed E-state index contributed by atoms with van der Waals surface area (Å²) in [5.41, 5.74) is 3.88. The number of amides is 1. The van der Waals surface area contributed by atoms with Crippen LogP contribution in [0, 0.1) is 39.9 Å². The van der Waals surface area contributed by atoms with E-state index in [2.05, 4.69) is 65.1 Å². The summed E-state index contributed by atoms with van der Waals surface area (Å²) in [6.07, 6.45) is 13.6. The van der Waals surface area contributed by atoms with Gasteiger partial charge in [0.05, 0.1) is 6.42 Å². The van der Waals surface area contributed by atoms with Crippen LogP contribution in [0.4, 0.5) is 0 Å². The van der Waals surface area contributed by atoms with Gasteiger partial charge in [-0.15, -0.1) is 0 Å². The second-order valence-corrected chi connectivity index (χ2v) is 19.4. The molecule has 0 aliphatic heterocycles. The van der Waals surface area contributed by atoms with E-state index in [0.717, 1.165) is 64.2 Å². The minimum Gasteiger partial charge on any atom is -0.458 e. The van der Waals surface area contributed by atoms with Gasteiger partial charge in [0, 0.05) is 24.8 Å². The van der Waals surface area contributed by atoms with Crippen LogP contribution in [0.5, 0.6) is 0 Å². The molecule has 0 saturated heterocycles. The summed E-state index contributed by atoms with van der Waals surface area (Å²) in [5.74, 6) is 1.29. The first-order chi connectivity index (χ1) is 24.5. The van der Waals surface area contributed by atoms with Gasteiger partial charge in [0.1, 0.15) is 5.60 Å². The van der Waals surface area contributed by atoms with Crippen LogP contribution in [0.2, 0.25) is 0 Å². The topological polar surface area (TPSA) is 110 Å². The van der Waals surface area contributed by atoms with Crippen LogP contribution in [-0.4, -0.2) is 47.3 Å². The van der Waals surface area contributed by atoms with E-state index >= 15 is 0 Å². The Morgan fingerprint density at radius 3 is 2.42 bits per heavy atom. The number of nitrogens with one attached hydrogen (secondary N) is 1. The van der Waals surface area contributed by atoms with Crippen molar-refractivity contribution in [2.24, 2.45) is 39.9 Å². The van der Waals surface area contributed by atoms with Crippen molar-refractivity contribution in [1.82, 2.24) is 5.32 Å². The highest BCUT2D eigenvalue weighted by Gasteiger charge is 2.66. The van der Waals surface area contributed by atoms with Crippen LogP contribution in [0.1, 0.15) is 154 Å². The predicted molar refractivity (Wildman–Crippen MR) is 202 cm³/mol. The molecule has 7 nitrogen and oxygen atoms in total. The van der Waals surface area contributed by atoms with E-state index in [1.165, 1.54) is 28.7 Å². The minimum atomic E-state index is -1.53. The van der Waals surface area contributed by atoms with Gasteiger partial charge in [-0.25, -0.2) is 0 Å². The van der Waals surface area contributed by atoms with Crippen molar-refractivity contribution in [3.8, 4) is 0 Å². The van der Waals surface area contributed by atoms with Crippen LogP contribution in [0.3, 0.4) is 0 Å².